The lowest BCUT2D eigenvalue weighted by atomic mass is 9.84. The Labute approximate surface area is 113 Å². The second-order valence-electron chi connectivity index (χ2n) is 4.89. The van der Waals surface area contributed by atoms with Gasteiger partial charge in [-0.15, -0.1) is 0 Å². The maximum atomic E-state index is 11.1. The van der Waals surface area contributed by atoms with Crippen molar-refractivity contribution in [2.75, 3.05) is 6.54 Å². The van der Waals surface area contributed by atoms with Crippen LogP contribution in [0.3, 0.4) is 0 Å². The first-order valence-corrected chi connectivity index (χ1v) is 6.09. The lowest BCUT2D eigenvalue weighted by molar-refractivity contribution is -0.142. The van der Waals surface area contributed by atoms with Gasteiger partial charge in [0.1, 0.15) is 0 Å². The van der Waals surface area contributed by atoms with Gasteiger partial charge in [-0.05, 0) is 25.0 Å². The van der Waals surface area contributed by atoms with Crippen molar-refractivity contribution < 1.29 is 14.7 Å². The molecule has 0 atom stereocenters. The van der Waals surface area contributed by atoms with E-state index in [-0.39, 0.29) is 5.91 Å². The highest BCUT2D eigenvalue weighted by atomic mass is 16.4. The number of aliphatic carboxylic acids is 1. The van der Waals surface area contributed by atoms with Crippen LogP contribution in [-0.4, -0.2) is 23.5 Å². The molecule has 0 heterocycles. The molecule has 1 aromatic rings. The number of nitrogens with one attached hydrogen (secondary N) is 1. The molecular weight excluding hydrogens is 242 g/mol. The van der Waals surface area contributed by atoms with Crippen molar-refractivity contribution in [3.8, 4) is 0 Å². The molecule has 0 radical (unpaired) electrons. The largest absolute Gasteiger partial charge is 0.481 e. The molecule has 1 aromatic carbocycles. The highest BCUT2D eigenvalue weighted by Gasteiger charge is 2.28. The van der Waals surface area contributed by atoms with Gasteiger partial charge in [0.25, 0.3) is 0 Å². The number of carboxylic acids is 1. The predicted octanol–water partition coefficient (Wildman–Crippen LogP) is 2.20. The maximum absolute atomic E-state index is 11.1. The van der Waals surface area contributed by atoms with Crippen LogP contribution in [0, 0.1) is 0 Å². The van der Waals surface area contributed by atoms with E-state index in [1.807, 2.05) is 36.4 Å². The van der Waals surface area contributed by atoms with Crippen molar-refractivity contribution in [3.63, 3.8) is 0 Å². The molecule has 0 aliphatic rings. The lowest BCUT2D eigenvalue weighted by Crippen LogP contribution is -2.28. The van der Waals surface area contributed by atoms with Gasteiger partial charge in [-0.2, -0.15) is 0 Å². The minimum atomic E-state index is -0.890. The van der Waals surface area contributed by atoms with Crippen LogP contribution in [0.5, 0.6) is 0 Å². The average Bonchev–Trinajstić information content (AvgIpc) is 2.35. The molecule has 0 unspecified atom stereocenters. The zero-order valence-electron chi connectivity index (χ0n) is 11.4. The van der Waals surface area contributed by atoms with E-state index in [4.69, 9.17) is 5.11 Å². The topological polar surface area (TPSA) is 66.4 Å². The fraction of sp³-hybridized carbons (Fsp3) is 0.333. The Morgan fingerprint density at radius 1 is 1.26 bits per heavy atom. The molecule has 2 N–H and O–H groups in total. The molecule has 0 bridgehead atoms. The lowest BCUT2D eigenvalue weighted by Gasteiger charge is -2.19. The molecule has 0 spiro atoms. The van der Waals surface area contributed by atoms with Gasteiger partial charge in [0.15, 0.2) is 0 Å². The van der Waals surface area contributed by atoms with Crippen molar-refractivity contribution >= 4 is 18.0 Å². The Hall–Kier alpha value is -2.10. The molecule has 0 saturated carbocycles. The number of hydrogen-bond donors (Lipinski definition) is 2. The molecule has 19 heavy (non-hydrogen) atoms. The average molecular weight is 261 g/mol. The molecule has 1 rings (SSSR count). The van der Waals surface area contributed by atoms with Gasteiger partial charge in [-0.3, -0.25) is 9.59 Å². The normalized spacial score (nSPS) is 11.5. The summed E-state index contributed by atoms with van der Waals surface area (Å²) in [4.78, 5) is 21.8. The fourth-order valence-electron chi connectivity index (χ4n) is 1.53. The van der Waals surface area contributed by atoms with E-state index in [0.29, 0.717) is 6.54 Å². The van der Waals surface area contributed by atoms with Gasteiger partial charge in [0, 0.05) is 13.5 Å². The second kappa shape index (κ2) is 6.18. The number of carbonyl (C=O) groups is 2. The van der Waals surface area contributed by atoms with Crippen molar-refractivity contribution in [1.82, 2.24) is 5.32 Å². The SMILES string of the molecule is CC(=O)NCC=Cc1ccc(C(C)(C)C(=O)O)cc1. The zero-order valence-corrected chi connectivity index (χ0v) is 11.4. The number of carbonyl (C=O) groups excluding carboxylic acids is 1. The molecule has 1 amide bonds. The Morgan fingerprint density at radius 2 is 1.84 bits per heavy atom. The summed E-state index contributed by atoms with van der Waals surface area (Å²) in [5.41, 5.74) is 0.840. The highest BCUT2D eigenvalue weighted by Crippen LogP contribution is 2.23. The van der Waals surface area contributed by atoms with Gasteiger partial charge in [-0.25, -0.2) is 0 Å². The third-order valence-corrected chi connectivity index (χ3v) is 2.95. The van der Waals surface area contributed by atoms with Gasteiger partial charge in [0.2, 0.25) is 5.91 Å². The quantitative estimate of drug-likeness (QED) is 0.854. The van der Waals surface area contributed by atoms with E-state index in [9.17, 15) is 9.59 Å². The van der Waals surface area contributed by atoms with E-state index in [1.165, 1.54) is 6.92 Å². The Kier molecular flexibility index (Phi) is 4.87. The van der Waals surface area contributed by atoms with E-state index < -0.39 is 11.4 Å². The molecule has 0 fully saturated rings. The second-order valence-corrected chi connectivity index (χ2v) is 4.89. The van der Waals surface area contributed by atoms with Crippen molar-refractivity contribution in [2.24, 2.45) is 0 Å². The van der Waals surface area contributed by atoms with E-state index in [2.05, 4.69) is 5.32 Å². The number of amides is 1. The van der Waals surface area contributed by atoms with Crippen LogP contribution in [0.2, 0.25) is 0 Å². The van der Waals surface area contributed by atoms with Crippen molar-refractivity contribution in [1.29, 1.82) is 0 Å². The summed E-state index contributed by atoms with van der Waals surface area (Å²) in [5, 5.41) is 11.8. The Balaban J connectivity index is 2.72. The van der Waals surface area contributed by atoms with Crippen LogP contribution >= 0.6 is 0 Å². The molecule has 0 aliphatic heterocycles. The minimum absolute atomic E-state index is 0.0665. The van der Waals surface area contributed by atoms with Crippen LogP contribution in [0.25, 0.3) is 6.08 Å². The minimum Gasteiger partial charge on any atom is -0.481 e. The molecule has 102 valence electrons. The van der Waals surface area contributed by atoms with Crippen LogP contribution in [-0.2, 0) is 15.0 Å². The third-order valence-electron chi connectivity index (χ3n) is 2.95. The first-order chi connectivity index (χ1) is 8.84. The first-order valence-electron chi connectivity index (χ1n) is 6.09. The van der Waals surface area contributed by atoms with Gasteiger partial charge >= 0.3 is 5.97 Å². The van der Waals surface area contributed by atoms with E-state index in [1.54, 1.807) is 13.8 Å². The van der Waals surface area contributed by atoms with Crippen LogP contribution in [0.4, 0.5) is 0 Å². The molecular formula is C15H19NO3. The summed E-state index contributed by atoms with van der Waals surface area (Å²) < 4.78 is 0. The summed E-state index contributed by atoms with van der Waals surface area (Å²) in [5.74, 6) is -0.912. The summed E-state index contributed by atoms with van der Waals surface area (Å²) in [6.45, 7) is 5.31. The predicted molar refractivity (Wildman–Crippen MR) is 74.8 cm³/mol. The van der Waals surface area contributed by atoms with Crippen LogP contribution in [0.1, 0.15) is 31.9 Å². The zero-order chi connectivity index (χ0) is 14.5. The Morgan fingerprint density at radius 3 is 2.32 bits per heavy atom. The number of hydrogen-bond acceptors (Lipinski definition) is 2. The number of carboxylic acid groups (broad SMARTS) is 1. The van der Waals surface area contributed by atoms with E-state index in [0.717, 1.165) is 11.1 Å². The first kappa shape index (κ1) is 15.0. The fourth-order valence-corrected chi connectivity index (χ4v) is 1.53. The molecule has 0 saturated heterocycles. The number of rotatable bonds is 5. The smallest absolute Gasteiger partial charge is 0.313 e. The van der Waals surface area contributed by atoms with Crippen molar-refractivity contribution in [3.05, 3.63) is 41.5 Å². The van der Waals surface area contributed by atoms with Gasteiger partial charge < -0.3 is 10.4 Å². The third kappa shape index (κ3) is 4.25. The highest BCUT2D eigenvalue weighted by molar-refractivity contribution is 5.80. The maximum Gasteiger partial charge on any atom is 0.313 e. The van der Waals surface area contributed by atoms with Crippen LogP contribution in [0.15, 0.2) is 30.3 Å². The molecule has 0 aromatic heterocycles. The summed E-state index contributed by atoms with van der Waals surface area (Å²) in [7, 11) is 0. The molecule has 4 nitrogen and oxygen atoms in total. The van der Waals surface area contributed by atoms with Crippen LogP contribution < -0.4 is 5.32 Å². The van der Waals surface area contributed by atoms with Crippen molar-refractivity contribution in [2.45, 2.75) is 26.2 Å². The number of benzene rings is 1. The summed E-state index contributed by atoms with van der Waals surface area (Å²) >= 11 is 0. The summed E-state index contributed by atoms with van der Waals surface area (Å²) in [6, 6.07) is 7.35. The standard InChI is InChI=1S/C15H19NO3/c1-11(17)16-10-4-5-12-6-8-13(9-7-12)15(2,3)14(18)19/h4-9H,10H2,1-3H3,(H,16,17)(H,18,19). The Bertz CT molecular complexity index is 487. The molecule has 0 aliphatic carbocycles. The van der Waals surface area contributed by atoms with E-state index >= 15 is 0 Å². The van der Waals surface area contributed by atoms with Gasteiger partial charge in [0.05, 0.1) is 5.41 Å². The summed E-state index contributed by atoms with van der Waals surface area (Å²) in [6.07, 6.45) is 3.73. The molecule has 4 heteroatoms. The monoisotopic (exact) mass is 261 g/mol. The van der Waals surface area contributed by atoms with Gasteiger partial charge in [-0.1, -0.05) is 36.4 Å².